The van der Waals surface area contributed by atoms with Crippen molar-refractivity contribution >= 4 is 23.2 Å². The summed E-state index contributed by atoms with van der Waals surface area (Å²) in [6.07, 6.45) is 3.57. The van der Waals surface area contributed by atoms with Crippen molar-refractivity contribution in [1.29, 1.82) is 0 Å². The number of hydrogen-bond donors (Lipinski definition) is 2. The average Bonchev–Trinajstić information content (AvgIpc) is 2.40. The van der Waals surface area contributed by atoms with Gasteiger partial charge in [-0.2, -0.15) is 0 Å². The van der Waals surface area contributed by atoms with Gasteiger partial charge in [0.1, 0.15) is 0 Å². The molecule has 0 saturated heterocycles. The van der Waals surface area contributed by atoms with E-state index in [0.29, 0.717) is 23.7 Å². The highest BCUT2D eigenvalue weighted by atomic mass is 35.5. The van der Waals surface area contributed by atoms with Crippen molar-refractivity contribution in [2.24, 2.45) is 5.73 Å². The first-order chi connectivity index (χ1) is 9.17. The van der Waals surface area contributed by atoms with E-state index in [1.165, 1.54) is 0 Å². The Kier molecular flexibility index (Phi) is 7.02. The molecule has 0 saturated carbocycles. The van der Waals surface area contributed by atoms with Gasteiger partial charge in [-0.3, -0.25) is 4.79 Å². The van der Waals surface area contributed by atoms with Crippen molar-refractivity contribution in [3.63, 3.8) is 0 Å². The molecular formula is C15H19ClN2O. The van der Waals surface area contributed by atoms with Crippen LogP contribution in [0.15, 0.2) is 18.2 Å². The minimum Gasteiger partial charge on any atom is -0.325 e. The van der Waals surface area contributed by atoms with Crippen molar-refractivity contribution in [3.05, 3.63) is 28.8 Å². The van der Waals surface area contributed by atoms with Gasteiger partial charge in [0.05, 0.1) is 17.3 Å². The molecule has 0 unspecified atom stereocenters. The maximum Gasteiger partial charge on any atom is 0.224 e. The van der Waals surface area contributed by atoms with E-state index in [1.54, 1.807) is 18.2 Å². The summed E-state index contributed by atoms with van der Waals surface area (Å²) in [5.74, 6) is 5.67. The quantitative estimate of drug-likeness (QED) is 0.642. The van der Waals surface area contributed by atoms with E-state index in [-0.39, 0.29) is 5.91 Å². The Labute approximate surface area is 119 Å². The lowest BCUT2D eigenvalue weighted by Gasteiger charge is -2.07. The van der Waals surface area contributed by atoms with E-state index in [1.807, 2.05) is 0 Å². The number of hydrogen-bond acceptors (Lipinski definition) is 2. The summed E-state index contributed by atoms with van der Waals surface area (Å²) in [6.45, 7) is 2.41. The maximum atomic E-state index is 11.7. The molecule has 0 aliphatic carbocycles. The fourth-order valence-corrected chi connectivity index (χ4v) is 1.76. The lowest BCUT2D eigenvalue weighted by Crippen LogP contribution is -2.11. The molecule has 0 aliphatic rings. The van der Waals surface area contributed by atoms with E-state index < -0.39 is 0 Å². The molecule has 102 valence electrons. The van der Waals surface area contributed by atoms with E-state index in [2.05, 4.69) is 24.1 Å². The van der Waals surface area contributed by atoms with Crippen LogP contribution in [0.1, 0.15) is 38.2 Å². The lowest BCUT2D eigenvalue weighted by atomic mass is 10.1. The molecule has 1 amide bonds. The summed E-state index contributed by atoms with van der Waals surface area (Å²) >= 11 is 6.05. The Morgan fingerprint density at radius 2 is 2.21 bits per heavy atom. The molecule has 0 aliphatic heterocycles. The first-order valence-electron chi connectivity index (χ1n) is 6.45. The van der Waals surface area contributed by atoms with Gasteiger partial charge in [0, 0.05) is 12.0 Å². The van der Waals surface area contributed by atoms with Crippen LogP contribution in [0, 0.1) is 11.8 Å². The Morgan fingerprint density at radius 1 is 1.42 bits per heavy atom. The van der Waals surface area contributed by atoms with Crippen molar-refractivity contribution in [2.45, 2.75) is 32.6 Å². The molecule has 0 spiro atoms. The third kappa shape index (κ3) is 5.78. The standard InChI is InChI=1S/C15H19ClN2O/c1-2-3-4-7-15(19)18-14-11-12(6-5-10-17)8-9-13(14)16/h8-9,11H,2-4,7,10,17H2,1H3,(H,18,19). The minimum absolute atomic E-state index is 0.0146. The largest absolute Gasteiger partial charge is 0.325 e. The fraction of sp³-hybridized carbons (Fsp3) is 0.400. The van der Waals surface area contributed by atoms with E-state index >= 15 is 0 Å². The van der Waals surface area contributed by atoms with Crippen LogP contribution in [-0.4, -0.2) is 12.5 Å². The van der Waals surface area contributed by atoms with Crippen LogP contribution in [0.4, 0.5) is 5.69 Å². The molecule has 0 atom stereocenters. The van der Waals surface area contributed by atoms with Gasteiger partial charge >= 0.3 is 0 Å². The van der Waals surface area contributed by atoms with Crippen molar-refractivity contribution in [1.82, 2.24) is 0 Å². The molecule has 1 aromatic rings. The van der Waals surface area contributed by atoms with Gasteiger partial charge in [-0.1, -0.05) is 43.2 Å². The van der Waals surface area contributed by atoms with Crippen LogP contribution in [0.25, 0.3) is 0 Å². The predicted octanol–water partition coefficient (Wildman–Crippen LogP) is 3.17. The highest BCUT2D eigenvalue weighted by Gasteiger charge is 2.06. The van der Waals surface area contributed by atoms with Crippen molar-refractivity contribution < 1.29 is 4.79 Å². The second kappa shape index (κ2) is 8.58. The smallest absolute Gasteiger partial charge is 0.224 e. The van der Waals surface area contributed by atoms with Gasteiger partial charge in [-0.05, 0) is 24.6 Å². The zero-order valence-electron chi connectivity index (χ0n) is 11.1. The van der Waals surface area contributed by atoms with E-state index in [0.717, 1.165) is 24.8 Å². The molecule has 0 bridgehead atoms. The van der Waals surface area contributed by atoms with Gasteiger partial charge in [-0.15, -0.1) is 0 Å². The Morgan fingerprint density at radius 3 is 2.89 bits per heavy atom. The number of rotatable bonds is 5. The number of carbonyl (C=O) groups is 1. The molecular weight excluding hydrogens is 260 g/mol. The zero-order valence-corrected chi connectivity index (χ0v) is 11.9. The van der Waals surface area contributed by atoms with Crippen LogP contribution in [0.2, 0.25) is 5.02 Å². The third-order valence-corrected chi connectivity index (χ3v) is 2.91. The normalized spacial score (nSPS) is 9.63. The molecule has 1 rings (SSSR count). The first kappa shape index (κ1) is 15.6. The van der Waals surface area contributed by atoms with Crippen molar-refractivity contribution in [2.75, 3.05) is 11.9 Å². The molecule has 0 heterocycles. The molecule has 0 aromatic heterocycles. The Balaban J connectivity index is 2.68. The highest BCUT2D eigenvalue weighted by Crippen LogP contribution is 2.23. The van der Waals surface area contributed by atoms with Crippen LogP contribution in [0.3, 0.4) is 0 Å². The molecule has 3 nitrogen and oxygen atoms in total. The van der Waals surface area contributed by atoms with Crippen LogP contribution in [0.5, 0.6) is 0 Å². The Bertz CT molecular complexity index is 489. The van der Waals surface area contributed by atoms with Crippen LogP contribution >= 0.6 is 11.6 Å². The second-order valence-electron chi connectivity index (χ2n) is 4.21. The highest BCUT2D eigenvalue weighted by molar-refractivity contribution is 6.33. The molecule has 3 N–H and O–H groups in total. The average molecular weight is 279 g/mol. The second-order valence-corrected chi connectivity index (χ2v) is 4.61. The summed E-state index contributed by atoms with van der Waals surface area (Å²) in [5, 5.41) is 3.33. The minimum atomic E-state index is -0.0146. The third-order valence-electron chi connectivity index (χ3n) is 2.58. The van der Waals surface area contributed by atoms with Gasteiger partial charge in [0.25, 0.3) is 0 Å². The Hall–Kier alpha value is -1.50. The molecule has 1 aromatic carbocycles. The van der Waals surface area contributed by atoms with Crippen LogP contribution in [-0.2, 0) is 4.79 Å². The number of amides is 1. The SMILES string of the molecule is CCCCCC(=O)Nc1cc(C#CCN)ccc1Cl. The monoisotopic (exact) mass is 278 g/mol. The van der Waals surface area contributed by atoms with Gasteiger partial charge in [0.2, 0.25) is 5.91 Å². The maximum absolute atomic E-state index is 11.7. The summed E-state index contributed by atoms with van der Waals surface area (Å²) < 4.78 is 0. The molecule has 0 fully saturated rings. The molecule has 4 heteroatoms. The van der Waals surface area contributed by atoms with Gasteiger partial charge in [0.15, 0.2) is 0 Å². The fourth-order valence-electron chi connectivity index (χ4n) is 1.60. The van der Waals surface area contributed by atoms with Crippen molar-refractivity contribution in [3.8, 4) is 11.8 Å². The topological polar surface area (TPSA) is 55.1 Å². The summed E-state index contributed by atoms with van der Waals surface area (Å²) in [5.41, 5.74) is 6.72. The predicted molar refractivity (Wildman–Crippen MR) is 80.2 cm³/mol. The number of nitrogens with one attached hydrogen (secondary N) is 1. The summed E-state index contributed by atoms with van der Waals surface area (Å²) in [7, 11) is 0. The number of carbonyl (C=O) groups excluding carboxylic acids is 1. The molecule has 0 radical (unpaired) electrons. The van der Waals surface area contributed by atoms with E-state index in [9.17, 15) is 4.79 Å². The van der Waals surface area contributed by atoms with Gasteiger partial charge < -0.3 is 11.1 Å². The summed E-state index contributed by atoms with van der Waals surface area (Å²) in [4.78, 5) is 11.7. The number of benzene rings is 1. The van der Waals surface area contributed by atoms with Gasteiger partial charge in [-0.25, -0.2) is 0 Å². The molecule has 19 heavy (non-hydrogen) atoms. The zero-order chi connectivity index (χ0) is 14.1. The number of nitrogens with two attached hydrogens (primary N) is 1. The van der Waals surface area contributed by atoms with E-state index in [4.69, 9.17) is 17.3 Å². The first-order valence-corrected chi connectivity index (χ1v) is 6.83. The number of anilines is 1. The van der Waals surface area contributed by atoms with Crippen LogP contribution < -0.4 is 11.1 Å². The number of halogens is 1. The summed E-state index contributed by atoms with van der Waals surface area (Å²) in [6, 6.07) is 5.30. The number of unbranched alkanes of at least 4 members (excludes halogenated alkanes) is 2. The lowest BCUT2D eigenvalue weighted by molar-refractivity contribution is -0.116.